The Labute approximate surface area is 183 Å². The Kier molecular flexibility index (Phi) is 6.15. The van der Waals surface area contributed by atoms with E-state index >= 15 is 0 Å². The van der Waals surface area contributed by atoms with Gasteiger partial charge in [-0.3, -0.25) is 4.79 Å². The quantitative estimate of drug-likeness (QED) is 0.628. The van der Waals surface area contributed by atoms with Crippen LogP contribution in [0.2, 0.25) is 0 Å². The van der Waals surface area contributed by atoms with E-state index in [-0.39, 0.29) is 31.0 Å². The Morgan fingerprint density at radius 1 is 1.06 bits per heavy atom. The second kappa shape index (κ2) is 8.55. The smallest absolute Gasteiger partial charge is 0.334 e. The van der Waals surface area contributed by atoms with Gasteiger partial charge in [-0.1, -0.05) is 18.2 Å². The predicted octanol–water partition coefficient (Wildman–Crippen LogP) is 4.36. The van der Waals surface area contributed by atoms with Crippen molar-refractivity contribution in [3.05, 3.63) is 52.2 Å². The third-order valence-corrected chi connectivity index (χ3v) is 8.61. The highest BCUT2D eigenvalue weighted by atomic mass is 32.2. The van der Waals surface area contributed by atoms with Crippen LogP contribution in [0.15, 0.2) is 46.7 Å². The number of alkyl halides is 3. The summed E-state index contributed by atoms with van der Waals surface area (Å²) in [4.78, 5) is 15.4. The fourth-order valence-corrected chi connectivity index (χ4v) is 6.37. The van der Waals surface area contributed by atoms with Gasteiger partial charge in [0.25, 0.3) is 0 Å². The van der Waals surface area contributed by atoms with Crippen molar-refractivity contribution in [2.75, 3.05) is 13.1 Å². The van der Waals surface area contributed by atoms with Crippen molar-refractivity contribution < 1.29 is 26.4 Å². The zero-order valence-corrected chi connectivity index (χ0v) is 18.3. The first-order chi connectivity index (χ1) is 14.7. The van der Waals surface area contributed by atoms with Crippen molar-refractivity contribution in [2.45, 2.75) is 49.3 Å². The Morgan fingerprint density at radius 2 is 1.74 bits per heavy atom. The number of benzene rings is 1. The first-order valence-corrected chi connectivity index (χ1v) is 12.5. The number of piperidine rings is 1. The van der Waals surface area contributed by atoms with Gasteiger partial charge in [0.2, 0.25) is 15.9 Å². The van der Waals surface area contributed by atoms with E-state index in [1.807, 2.05) is 22.4 Å². The summed E-state index contributed by atoms with van der Waals surface area (Å²) in [6.07, 6.45) is -2.21. The van der Waals surface area contributed by atoms with Crippen LogP contribution in [-0.4, -0.2) is 42.7 Å². The average Bonchev–Trinajstić information content (AvgIpc) is 3.46. The van der Waals surface area contributed by atoms with Crippen molar-refractivity contribution in [1.29, 1.82) is 0 Å². The maximum Gasteiger partial charge on any atom is 0.417 e. The number of carbonyl (C=O) groups excluding carboxylic acids is 1. The maximum atomic E-state index is 13.3. The zero-order valence-electron chi connectivity index (χ0n) is 16.7. The summed E-state index contributed by atoms with van der Waals surface area (Å²) >= 11 is 1.59. The molecule has 1 amide bonds. The molecule has 1 saturated heterocycles. The average molecular weight is 473 g/mol. The lowest BCUT2D eigenvalue weighted by atomic mass is 9.96. The minimum atomic E-state index is -4.76. The fraction of sp³-hybridized carbons (Fsp3) is 0.476. The normalized spacial score (nSPS) is 18.8. The van der Waals surface area contributed by atoms with E-state index < -0.39 is 26.7 Å². The lowest BCUT2D eigenvalue weighted by molar-refractivity contribution is -0.140. The van der Waals surface area contributed by atoms with E-state index in [9.17, 15) is 26.4 Å². The third-order valence-electron chi connectivity index (χ3n) is 5.79. The highest BCUT2D eigenvalue weighted by molar-refractivity contribution is 7.89. The molecule has 2 aromatic rings. The van der Waals surface area contributed by atoms with Crippen molar-refractivity contribution in [3.63, 3.8) is 0 Å². The topological polar surface area (TPSA) is 57.7 Å². The van der Waals surface area contributed by atoms with Gasteiger partial charge in [0.15, 0.2) is 0 Å². The highest BCUT2D eigenvalue weighted by Crippen LogP contribution is 2.37. The van der Waals surface area contributed by atoms with E-state index in [1.54, 1.807) is 11.3 Å². The summed E-state index contributed by atoms with van der Waals surface area (Å²) in [5.74, 6) is -0.298. The molecule has 168 valence electrons. The zero-order chi connectivity index (χ0) is 22.2. The summed E-state index contributed by atoms with van der Waals surface area (Å²) in [6.45, 7) is 0.615. The van der Waals surface area contributed by atoms with Crippen molar-refractivity contribution in [2.24, 2.45) is 5.92 Å². The molecular formula is C21H23F3N2O3S2. The van der Waals surface area contributed by atoms with Gasteiger partial charge in [-0.15, -0.1) is 11.3 Å². The standard InChI is InChI=1S/C21H23F3N2O3S2/c22-21(23,24)18-5-1-2-6-19(18)31(28,29)25-11-9-15(10-12-25)20(27)26(16-7-8-16)14-17-4-3-13-30-17/h1-6,13,15-16H,7-12,14H2. The molecule has 1 aliphatic carbocycles. The van der Waals surface area contributed by atoms with Gasteiger partial charge in [-0.2, -0.15) is 17.5 Å². The van der Waals surface area contributed by atoms with Gasteiger partial charge in [0.1, 0.15) is 0 Å². The lowest BCUT2D eigenvalue weighted by Gasteiger charge is -2.34. The molecule has 0 spiro atoms. The Morgan fingerprint density at radius 3 is 2.32 bits per heavy atom. The molecular weight excluding hydrogens is 449 g/mol. The van der Waals surface area contributed by atoms with Crippen LogP contribution >= 0.6 is 11.3 Å². The largest absolute Gasteiger partial charge is 0.417 e. The molecule has 1 aliphatic heterocycles. The molecule has 10 heteroatoms. The van der Waals surface area contributed by atoms with Crippen LogP contribution in [-0.2, 0) is 27.5 Å². The molecule has 1 saturated carbocycles. The molecule has 2 aliphatic rings. The second-order valence-corrected chi connectivity index (χ2v) is 10.9. The van der Waals surface area contributed by atoms with Crippen LogP contribution in [0.25, 0.3) is 0 Å². The Bertz CT molecular complexity index is 1030. The molecule has 2 fully saturated rings. The number of carbonyl (C=O) groups is 1. The SMILES string of the molecule is O=C(C1CCN(S(=O)(=O)c2ccccc2C(F)(F)F)CC1)N(Cc1cccs1)C1CC1. The summed E-state index contributed by atoms with van der Waals surface area (Å²) in [6, 6.07) is 8.39. The summed E-state index contributed by atoms with van der Waals surface area (Å²) in [5, 5.41) is 1.97. The van der Waals surface area contributed by atoms with Gasteiger partial charge in [-0.05, 0) is 49.3 Å². The molecule has 4 rings (SSSR count). The van der Waals surface area contributed by atoms with Gasteiger partial charge >= 0.3 is 6.18 Å². The first-order valence-electron chi connectivity index (χ1n) is 10.2. The van der Waals surface area contributed by atoms with E-state index in [1.165, 1.54) is 12.1 Å². The number of hydrogen-bond acceptors (Lipinski definition) is 4. The molecule has 5 nitrogen and oxygen atoms in total. The van der Waals surface area contributed by atoms with Crippen LogP contribution in [0.5, 0.6) is 0 Å². The van der Waals surface area contributed by atoms with Crippen LogP contribution < -0.4 is 0 Å². The Balaban J connectivity index is 1.45. The van der Waals surface area contributed by atoms with Crippen molar-refractivity contribution in [3.8, 4) is 0 Å². The second-order valence-electron chi connectivity index (χ2n) is 7.95. The maximum absolute atomic E-state index is 13.3. The van der Waals surface area contributed by atoms with E-state index in [4.69, 9.17) is 0 Å². The van der Waals surface area contributed by atoms with Crippen molar-refractivity contribution >= 4 is 27.3 Å². The van der Waals surface area contributed by atoms with E-state index in [0.29, 0.717) is 19.4 Å². The van der Waals surface area contributed by atoms with Gasteiger partial charge in [-0.25, -0.2) is 8.42 Å². The molecule has 0 bridgehead atoms. The number of thiophene rings is 1. The number of halogens is 3. The third kappa shape index (κ3) is 4.80. The van der Waals surface area contributed by atoms with Gasteiger partial charge < -0.3 is 4.90 Å². The van der Waals surface area contributed by atoms with Crippen LogP contribution in [0.1, 0.15) is 36.1 Å². The molecule has 1 aromatic carbocycles. The predicted molar refractivity (Wildman–Crippen MR) is 111 cm³/mol. The number of nitrogens with zero attached hydrogens (tertiary/aromatic N) is 2. The molecule has 1 aromatic heterocycles. The monoisotopic (exact) mass is 472 g/mol. The first kappa shape index (κ1) is 22.3. The number of rotatable bonds is 6. The highest BCUT2D eigenvalue weighted by Gasteiger charge is 2.41. The molecule has 31 heavy (non-hydrogen) atoms. The van der Waals surface area contributed by atoms with Gasteiger partial charge in [0, 0.05) is 29.9 Å². The molecule has 0 radical (unpaired) electrons. The molecule has 0 N–H and O–H groups in total. The number of sulfonamides is 1. The van der Waals surface area contributed by atoms with Crippen LogP contribution in [0.3, 0.4) is 0 Å². The fourth-order valence-electron chi connectivity index (χ4n) is 3.99. The number of hydrogen-bond donors (Lipinski definition) is 0. The van der Waals surface area contributed by atoms with Crippen LogP contribution in [0, 0.1) is 5.92 Å². The number of amides is 1. The Hall–Kier alpha value is -1.91. The molecule has 0 atom stereocenters. The summed E-state index contributed by atoms with van der Waals surface area (Å²) in [5.41, 5.74) is -1.16. The lowest BCUT2D eigenvalue weighted by Crippen LogP contribution is -2.45. The molecule has 0 unspecified atom stereocenters. The van der Waals surface area contributed by atoms with Crippen LogP contribution in [0.4, 0.5) is 13.2 Å². The van der Waals surface area contributed by atoms with E-state index in [2.05, 4.69) is 0 Å². The minimum absolute atomic E-state index is 0.0173. The minimum Gasteiger partial charge on any atom is -0.334 e. The molecule has 2 heterocycles. The van der Waals surface area contributed by atoms with Gasteiger partial charge in [0.05, 0.1) is 17.0 Å². The van der Waals surface area contributed by atoms with E-state index in [0.717, 1.165) is 34.2 Å². The summed E-state index contributed by atoms with van der Waals surface area (Å²) in [7, 11) is -4.30. The van der Waals surface area contributed by atoms with Crippen molar-refractivity contribution in [1.82, 2.24) is 9.21 Å². The summed E-state index contributed by atoms with van der Waals surface area (Å²) < 4.78 is 66.8.